The molecule has 6 nitrogen and oxygen atoms in total. The van der Waals surface area contributed by atoms with Gasteiger partial charge in [-0.3, -0.25) is 4.90 Å². The van der Waals surface area contributed by atoms with Crippen molar-refractivity contribution in [3.05, 3.63) is 71.3 Å². The van der Waals surface area contributed by atoms with Crippen LogP contribution in [-0.4, -0.2) is 50.9 Å². The zero-order valence-electron chi connectivity index (χ0n) is 15.9. The lowest BCUT2D eigenvalue weighted by Gasteiger charge is -2.29. The van der Waals surface area contributed by atoms with E-state index in [1.165, 1.54) is 0 Å². The molecule has 1 fully saturated rings. The highest BCUT2D eigenvalue weighted by Gasteiger charge is 2.38. The molecule has 1 saturated heterocycles. The largest absolute Gasteiger partial charge is 0.490 e. The van der Waals surface area contributed by atoms with E-state index in [1.54, 1.807) is 12.1 Å². The molecule has 2 aromatic carbocycles. The topological polar surface area (TPSA) is 98.1 Å². The molecular weight excluding hydrogens is 403 g/mol. The van der Waals surface area contributed by atoms with Gasteiger partial charge in [-0.15, -0.1) is 0 Å². The van der Waals surface area contributed by atoms with Gasteiger partial charge in [-0.25, -0.2) is 9.59 Å². The molecule has 9 heteroatoms. The van der Waals surface area contributed by atoms with E-state index in [-0.39, 0.29) is 6.04 Å². The van der Waals surface area contributed by atoms with Gasteiger partial charge in [0.05, 0.1) is 11.7 Å². The number of carboxylic acid groups (broad SMARTS) is 2. The number of carbonyl (C=O) groups is 2. The van der Waals surface area contributed by atoms with Crippen LogP contribution in [0.25, 0.3) is 0 Å². The lowest BCUT2D eigenvalue weighted by molar-refractivity contribution is -0.192. The van der Waals surface area contributed by atoms with Crippen LogP contribution in [0.2, 0.25) is 0 Å². The fourth-order valence-corrected chi connectivity index (χ4v) is 3.27. The van der Waals surface area contributed by atoms with Gasteiger partial charge in [-0.1, -0.05) is 42.5 Å². The van der Waals surface area contributed by atoms with Crippen molar-refractivity contribution in [1.82, 2.24) is 4.90 Å². The molecule has 1 aliphatic heterocycles. The Balaban J connectivity index is 0.000000396. The number of aliphatic carboxylic acids is 1. The normalized spacial score (nSPS) is 17.7. The number of aromatic carboxylic acids is 1. The number of alkyl halides is 3. The third-order valence-corrected chi connectivity index (χ3v) is 4.75. The summed E-state index contributed by atoms with van der Waals surface area (Å²) in [5.41, 5.74) is 2.32. The molecule has 162 valence electrons. The second-order valence-electron chi connectivity index (χ2n) is 6.84. The number of halogens is 3. The van der Waals surface area contributed by atoms with Gasteiger partial charge in [-0.05, 0) is 42.6 Å². The van der Waals surface area contributed by atoms with Gasteiger partial charge in [0.2, 0.25) is 0 Å². The van der Waals surface area contributed by atoms with Gasteiger partial charge in [0.1, 0.15) is 0 Å². The number of hydrogen-bond acceptors (Lipinski definition) is 4. The summed E-state index contributed by atoms with van der Waals surface area (Å²) in [6.45, 7) is 1.68. The Kier molecular flexibility index (Phi) is 7.96. The van der Waals surface area contributed by atoms with Crippen LogP contribution < -0.4 is 0 Å². The van der Waals surface area contributed by atoms with Gasteiger partial charge in [-0.2, -0.15) is 13.2 Å². The maximum atomic E-state index is 10.9. The Bertz CT molecular complexity index is 840. The van der Waals surface area contributed by atoms with Crippen LogP contribution in [0.15, 0.2) is 54.6 Å². The first-order valence-electron chi connectivity index (χ1n) is 9.19. The molecule has 0 radical (unpaired) electrons. The summed E-state index contributed by atoms with van der Waals surface area (Å²) in [6.07, 6.45) is -3.53. The smallest absolute Gasteiger partial charge is 0.478 e. The highest BCUT2D eigenvalue weighted by atomic mass is 19.4. The van der Waals surface area contributed by atoms with Crippen LogP contribution in [0.5, 0.6) is 0 Å². The first kappa shape index (κ1) is 23.4. The monoisotopic (exact) mass is 425 g/mol. The number of aliphatic hydroxyl groups is 1. The van der Waals surface area contributed by atoms with Gasteiger partial charge in [0.25, 0.3) is 0 Å². The molecule has 2 atom stereocenters. The van der Waals surface area contributed by atoms with Crippen LogP contribution in [0.3, 0.4) is 0 Å². The maximum Gasteiger partial charge on any atom is 0.490 e. The summed E-state index contributed by atoms with van der Waals surface area (Å²) in [5.74, 6) is -3.66. The molecule has 2 aromatic rings. The molecule has 30 heavy (non-hydrogen) atoms. The van der Waals surface area contributed by atoms with E-state index >= 15 is 0 Å². The fourth-order valence-electron chi connectivity index (χ4n) is 3.27. The van der Waals surface area contributed by atoms with E-state index in [0.29, 0.717) is 5.56 Å². The number of nitrogens with zero attached hydrogens (tertiary/aromatic N) is 1. The number of benzene rings is 2. The van der Waals surface area contributed by atoms with Gasteiger partial charge in [0, 0.05) is 12.6 Å². The molecule has 0 aliphatic carbocycles. The Morgan fingerprint density at radius 2 is 1.60 bits per heavy atom. The lowest BCUT2D eigenvalue weighted by Crippen LogP contribution is -2.34. The van der Waals surface area contributed by atoms with Crippen molar-refractivity contribution in [1.29, 1.82) is 0 Å². The fraction of sp³-hybridized carbons (Fsp3) is 0.333. The molecule has 1 aliphatic rings. The van der Waals surface area contributed by atoms with Crippen molar-refractivity contribution in [2.75, 3.05) is 6.54 Å². The number of carboxylic acids is 2. The summed E-state index contributed by atoms with van der Waals surface area (Å²) >= 11 is 0. The van der Waals surface area contributed by atoms with E-state index in [1.807, 2.05) is 42.5 Å². The van der Waals surface area contributed by atoms with E-state index in [4.69, 9.17) is 15.0 Å². The van der Waals surface area contributed by atoms with Crippen LogP contribution in [0, 0.1) is 0 Å². The molecule has 0 bridgehead atoms. The number of hydrogen-bond donors (Lipinski definition) is 3. The van der Waals surface area contributed by atoms with Crippen molar-refractivity contribution in [2.45, 2.75) is 37.7 Å². The van der Waals surface area contributed by atoms with Crippen molar-refractivity contribution >= 4 is 11.9 Å². The minimum absolute atomic E-state index is 0.108. The minimum Gasteiger partial charge on any atom is -0.478 e. The van der Waals surface area contributed by atoms with Crippen molar-refractivity contribution in [3.8, 4) is 0 Å². The molecule has 0 spiro atoms. The quantitative estimate of drug-likeness (QED) is 0.676. The Morgan fingerprint density at radius 1 is 1.03 bits per heavy atom. The van der Waals surface area contributed by atoms with Crippen molar-refractivity contribution in [3.63, 3.8) is 0 Å². The lowest BCUT2D eigenvalue weighted by atomic mass is 10.00. The summed E-state index contributed by atoms with van der Waals surface area (Å²) in [6, 6.07) is 16.9. The zero-order chi connectivity index (χ0) is 22.3. The average Bonchev–Trinajstić information content (AvgIpc) is 3.16. The van der Waals surface area contributed by atoms with E-state index in [0.717, 1.165) is 37.1 Å². The first-order chi connectivity index (χ1) is 14.1. The van der Waals surface area contributed by atoms with Crippen LogP contribution >= 0.6 is 0 Å². The minimum atomic E-state index is -5.08. The predicted molar refractivity (Wildman–Crippen MR) is 102 cm³/mol. The Labute approximate surface area is 171 Å². The van der Waals surface area contributed by atoms with Gasteiger partial charge in [0.15, 0.2) is 0 Å². The molecule has 3 rings (SSSR count). The molecule has 0 aromatic heterocycles. The summed E-state index contributed by atoms with van der Waals surface area (Å²) in [7, 11) is 0. The number of rotatable bonds is 5. The van der Waals surface area contributed by atoms with Crippen LogP contribution in [0.4, 0.5) is 13.2 Å². The molecule has 3 N–H and O–H groups in total. The average molecular weight is 425 g/mol. The highest BCUT2D eigenvalue weighted by molar-refractivity contribution is 5.87. The van der Waals surface area contributed by atoms with Crippen LogP contribution in [-0.2, 0) is 11.3 Å². The van der Waals surface area contributed by atoms with E-state index in [2.05, 4.69) is 4.90 Å². The summed E-state index contributed by atoms with van der Waals surface area (Å²) < 4.78 is 31.7. The van der Waals surface area contributed by atoms with Gasteiger partial charge >= 0.3 is 18.1 Å². The summed E-state index contributed by atoms with van der Waals surface area (Å²) in [5, 5.41) is 26.7. The molecule has 1 heterocycles. The number of likely N-dealkylation sites (tertiary alicyclic amines) is 1. The first-order valence-corrected chi connectivity index (χ1v) is 9.19. The number of aliphatic hydroxyl groups excluding tert-OH is 1. The summed E-state index contributed by atoms with van der Waals surface area (Å²) in [4.78, 5) is 22.1. The Morgan fingerprint density at radius 3 is 2.10 bits per heavy atom. The van der Waals surface area contributed by atoms with Gasteiger partial charge < -0.3 is 15.3 Å². The van der Waals surface area contributed by atoms with E-state index in [9.17, 15) is 23.1 Å². The third kappa shape index (κ3) is 6.57. The highest BCUT2D eigenvalue weighted by Crippen LogP contribution is 2.30. The predicted octanol–water partition coefficient (Wildman–Crippen LogP) is 3.72. The molecular formula is C21H22F3NO5. The SMILES string of the molecule is O=C(O)C(F)(F)F.O=C(O)c1ccc(CN2CCCC2C(O)c2ccccc2)cc1. The van der Waals surface area contributed by atoms with Crippen molar-refractivity contribution < 1.29 is 38.1 Å². The Hall–Kier alpha value is -2.91. The molecule has 0 saturated carbocycles. The second kappa shape index (κ2) is 10.2. The molecule has 0 amide bonds. The standard InChI is InChI=1S/C19H21NO3.C2HF3O2/c21-18(15-5-2-1-3-6-15)17-7-4-12-20(17)13-14-8-10-16(11-9-14)19(22)23;3-2(4,5)1(6)7/h1-3,5-6,8-11,17-18,21H,4,7,12-13H2,(H,22,23);(H,6,7). The van der Waals surface area contributed by atoms with Crippen LogP contribution in [0.1, 0.15) is 40.4 Å². The second-order valence-corrected chi connectivity index (χ2v) is 6.84. The third-order valence-electron chi connectivity index (χ3n) is 4.75. The molecule has 2 unspecified atom stereocenters. The zero-order valence-corrected chi connectivity index (χ0v) is 15.9. The maximum absolute atomic E-state index is 10.9. The van der Waals surface area contributed by atoms with Crippen molar-refractivity contribution in [2.24, 2.45) is 0 Å². The van der Waals surface area contributed by atoms with E-state index < -0.39 is 24.2 Å².